The SMILES string of the molecule is Cc1ccccc1NC(=S)[C@H](C#N)C(N)=O. The number of nitriles is 1. The van der Waals surface area contributed by atoms with Gasteiger partial charge in [0.1, 0.15) is 4.99 Å². The Balaban J connectivity index is 2.84. The van der Waals surface area contributed by atoms with E-state index in [2.05, 4.69) is 5.32 Å². The lowest BCUT2D eigenvalue weighted by Crippen LogP contribution is -2.32. The Morgan fingerprint density at radius 1 is 1.56 bits per heavy atom. The van der Waals surface area contributed by atoms with Crippen molar-refractivity contribution in [3.63, 3.8) is 0 Å². The van der Waals surface area contributed by atoms with E-state index in [0.717, 1.165) is 11.3 Å². The van der Waals surface area contributed by atoms with Gasteiger partial charge in [0.05, 0.1) is 6.07 Å². The van der Waals surface area contributed by atoms with E-state index >= 15 is 0 Å². The summed E-state index contributed by atoms with van der Waals surface area (Å²) in [5.74, 6) is -1.83. The van der Waals surface area contributed by atoms with Crippen LogP contribution in [0.1, 0.15) is 5.56 Å². The molecule has 16 heavy (non-hydrogen) atoms. The minimum atomic E-state index is -1.09. The van der Waals surface area contributed by atoms with Gasteiger partial charge in [-0.1, -0.05) is 30.4 Å². The van der Waals surface area contributed by atoms with Crippen LogP contribution in [0.2, 0.25) is 0 Å². The molecule has 4 nitrogen and oxygen atoms in total. The highest BCUT2D eigenvalue weighted by molar-refractivity contribution is 7.80. The summed E-state index contributed by atoms with van der Waals surface area (Å²) < 4.78 is 0. The molecule has 5 heteroatoms. The summed E-state index contributed by atoms with van der Waals surface area (Å²) in [4.78, 5) is 11.0. The zero-order valence-corrected chi connectivity index (χ0v) is 9.54. The van der Waals surface area contributed by atoms with Gasteiger partial charge in [-0.05, 0) is 18.6 Å². The van der Waals surface area contributed by atoms with Gasteiger partial charge in [0.15, 0.2) is 5.92 Å². The van der Waals surface area contributed by atoms with Crippen molar-refractivity contribution in [3.05, 3.63) is 29.8 Å². The van der Waals surface area contributed by atoms with Gasteiger partial charge in [-0.15, -0.1) is 0 Å². The lowest BCUT2D eigenvalue weighted by Gasteiger charge is -2.12. The zero-order valence-electron chi connectivity index (χ0n) is 8.73. The Labute approximate surface area is 99.1 Å². The van der Waals surface area contributed by atoms with Gasteiger partial charge in [-0.3, -0.25) is 4.79 Å². The van der Waals surface area contributed by atoms with Crippen molar-refractivity contribution in [2.24, 2.45) is 11.7 Å². The van der Waals surface area contributed by atoms with Crippen molar-refractivity contribution in [2.45, 2.75) is 6.92 Å². The van der Waals surface area contributed by atoms with Gasteiger partial charge < -0.3 is 11.1 Å². The predicted octanol–water partition coefficient (Wildman–Crippen LogP) is 1.36. The lowest BCUT2D eigenvalue weighted by molar-refractivity contribution is -0.118. The first-order valence-corrected chi connectivity index (χ1v) is 5.02. The van der Waals surface area contributed by atoms with E-state index in [0.29, 0.717) is 0 Å². The van der Waals surface area contributed by atoms with E-state index in [1.165, 1.54) is 0 Å². The van der Waals surface area contributed by atoms with Crippen LogP contribution in [0.25, 0.3) is 0 Å². The second kappa shape index (κ2) is 5.24. The number of thiocarbonyl (C=S) groups is 1. The number of para-hydroxylation sites is 1. The highest BCUT2D eigenvalue weighted by atomic mass is 32.1. The van der Waals surface area contributed by atoms with Gasteiger partial charge in [0.25, 0.3) is 0 Å². The molecule has 1 aromatic carbocycles. The summed E-state index contributed by atoms with van der Waals surface area (Å²) in [6.45, 7) is 1.90. The fourth-order valence-electron chi connectivity index (χ4n) is 1.17. The van der Waals surface area contributed by atoms with Gasteiger partial charge >= 0.3 is 0 Å². The molecule has 1 amide bonds. The molecule has 0 fully saturated rings. The summed E-state index contributed by atoms with van der Waals surface area (Å²) in [6.07, 6.45) is 0. The number of primary amides is 1. The number of benzene rings is 1. The summed E-state index contributed by atoms with van der Waals surface area (Å²) in [6, 6.07) is 9.20. The maximum Gasteiger partial charge on any atom is 0.241 e. The van der Waals surface area contributed by atoms with Gasteiger partial charge in [0.2, 0.25) is 5.91 Å². The lowest BCUT2D eigenvalue weighted by atomic mass is 10.1. The number of hydrogen-bond acceptors (Lipinski definition) is 3. The smallest absolute Gasteiger partial charge is 0.241 e. The monoisotopic (exact) mass is 233 g/mol. The maximum atomic E-state index is 10.9. The van der Waals surface area contributed by atoms with Gasteiger partial charge in [0, 0.05) is 5.69 Å². The normalized spacial score (nSPS) is 11.2. The molecule has 3 N–H and O–H groups in total. The van der Waals surface area contributed by atoms with Crippen LogP contribution < -0.4 is 11.1 Å². The minimum Gasteiger partial charge on any atom is -0.368 e. The third-order valence-electron chi connectivity index (χ3n) is 2.08. The Morgan fingerprint density at radius 2 is 2.19 bits per heavy atom. The van der Waals surface area contributed by atoms with Gasteiger partial charge in [-0.25, -0.2) is 0 Å². The average molecular weight is 233 g/mol. The molecule has 0 aromatic heterocycles. The summed E-state index contributed by atoms with van der Waals surface area (Å²) in [5, 5.41) is 11.6. The third kappa shape index (κ3) is 2.78. The molecule has 1 atom stereocenters. The second-order valence-corrected chi connectivity index (χ2v) is 3.71. The standard InChI is InChI=1S/C11H11N3OS/c1-7-4-2-3-5-9(7)14-11(16)8(6-12)10(13)15/h2-5,8H,1H3,(H2,13,15)(H,14,16)/t8-/m1/s1. The Morgan fingerprint density at radius 3 is 2.69 bits per heavy atom. The molecule has 0 saturated carbocycles. The quantitative estimate of drug-likeness (QED) is 0.773. The predicted molar refractivity (Wildman–Crippen MR) is 65.7 cm³/mol. The number of nitrogens with one attached hydrogen (secondary N) is 1. The Kier molecular flexibility index (Phi) is 3.97. The molecule has 0 bridgehead atoms. The maximum absolute atomic E-state index is 10.9. The topological polar surface area (TPSA) is 78.9 Å². The van der Waals surface area contributed by atoms with Crippen LogP contribution >= 0.6 is 12.2 Å². The zero-order chi connectivity index (χ0) is 12.1. The van der Waals surface area contributed by atoms with E-state index in [1.807, 2.05) is 31.2 Å². The van der Waals surface area contributed by atoms with Crippen LogP contribution in [0, 0.1) is 24.2 Å². The number of aryl methyl sites for hydroxylation is 1. The van der Waals surface area contributed by atoms with Crippen molar-refractivity contribution >= 4 is 28.8 Å². The molecule has 0 aliphatic rings. The van der Waals surface area contributed by atoms with E-state index in [1.54, 1.807) is 6.07 Å². The molecule has 1 aromatic rings. The summed E-state index contributed by atoms with van der Waals surface area (Å²) >= 11 is 4.96. The molecule has 0 aliphatic heterocycles. The van der Waals surface area contributed by atoms with Crippen molar-refractivity contribution in [1.82, 2.24) is 0 Å². The van der Waals surface area contributed by atoms with E-state index in [4.69, 9.17) is 23.2 Å². The Bertz CT molecular complexity index is 465. The molecule has 0 heterocycles. The first-order chi connectivity index (χ1) is 7.56. The fourth-order valence-corrected chi connectivity index (χ4v) is 1.45. The second-order valence-electron chi connectivity index (χ2n) is 3.27. The molecule has 0 aliphatic carbocycles. The number of amides is 1. The van der Waals surface area contributed by atoms with Crippen LogP contribution in [0.4, 0.5) is 5.69 Å². The number of anilines is 1. The van der Waals surface area contributed by atoms with Crippen molar-refractivity contribution < 1.29 is 4.79 Å². The van der Waals surface area contributed by atoms with Crippen LogP contribution in [0.15, 0.2) is 24.3 Å². The molecule has 0 spiro atoms. The van der Waals surface area contributed by atoms with Crippen LogP contribution in [0.5, 0.6) is 0 Å². The average Bonchev–Trinajstić information content (AvgIpc) is 2.22. The van der Waals surface area contributed by atoms with Crippen molar-refractivity contribution in [2.75, 3.05) is 5.32 Å². The van der Waals surface area contributed by atoms with Gasteiger partial charge in [-0.2, -0.15) is 5.26 Å². The van der Waals surface area contributed by atoms with E-state index < -0.39 is 11.8 Å². The van der Waals surface area contributed by atoms with E-state index in [-0.39, 0.29) is 4.99 Å². The first kappa shape index (κ1) is 12.1. The van der Waals surface area contributed by atoms with Crippen molar-refractivity contribution in [3.8, 4) is 6.07 Å². The first-order valence-electron chi connectivity index (χ1n) is 4.61. The van der Waals surface area contributed by atoms with Crippen LogP contribution in [-0.4, -0.2) is 10.9 Å². The number of hydrogen-bond donors (Lipinski definition) is 2. The Hall–Kier alpha value is -1.93. The largest absolute Gasteiger partial charge is 0.368 e. The summed E-state index contributed by atoms with van der Waals surface area (Å²) in [7, 11) is 0. The molecule has 82 valence electrons. The summed E-state index contributed by atoms with van der Waals surface area (Å²) in [5.41, 5.74) is 6.80. The molecular formula is C11H11N3OS. The molecule has 0 radical (unpaired) electrons. The minimum absolute atomic E-state index is 0.129. The number of carbonyl (C=O) groups is 1. The highest BCUT2D eigenvalue weighted by Crippen LogP contribution is 2.14. The van der Waals surface area contributed by atoms with E-state index in [9.17, 15) is 4.79 Å². The number of nitrogens with zero attached hydrogens (tertiary/aromatic N) is 1. The number of carbonyl (C=O) groups excluding carboxylic acids is 1. The highest BCUT2D eigenvalue weighted by Gasteiger charge is 2.20. The van der Waals surface area contributed by atoms with Crippen LogP contribution in [0.3, 0.4) is 0 Å². The molecule has 0 saturated heterocycles. The van der Waals surface area contributed by atoms with Crippen molar-refractivity contribution in [1.29, 1.82) is 5.26 Å². The fraction of sp³-hybridized carbons (Fsp3) is 0.182. The molecular weight excluding hydrogens is 222 g/mol. The third-order valence-corrected chi connectivity index (χ3v) is 2.42. The number of rotatable bonds is 3. The molecule has 0 unspecified atom stereocenters. The molecule has 1 rings (SSSR count). The van der Waals surface area contributed by atoms with Crippen LogP contribution in [-0.2, 0) is 4.79 Å². The number of nitrogens with two attached hydrogens (primary N) is 1.